The van der Waals surface area contributed by atoms with Crippen molar-refractivity contribution in [3.8, 4) is 0 Å². The van der Waals surface area contributed by atoms with Crippen molar-refractivity contribution in [3.05, 3.63) is 29.6 Å². The molecular weight excluding hydrogens is 152 g/mol. The van der Waals surface area contributed by atoms with Crippen LogP contribution in [0.25, 0.3) is 6.08 Å². The molecule has 2 rings (SSSR count). The van der Waals surface area contributed by atoms with Gasteiger partial charge in [-0.15, -0.1) is 0 Å². The smallest absolute Gasteiger partial charge is 0.247 e. The molecule has 1 aromatic rings. The van der Waals surface area contributed by atoms with Crippen LogP contribution in [-0.2, 0) is 4.79 Å². The van der Waals surface area contributed by atoms with Gasteiger partial charge in [0.1, 0.15) is 0 Å². The molecule has 0 spiro atoms. The minimum absolute atomic E-state index is 0.0598. The lowest BCUT2D eigenvalue weighted by molar-refractivity contribution is -0.116. The largest absolute Gasteiger partial charge is 0.362 e. The Bertz CT molecular complexity index is 311. The highest BCUT2D eigenvalue weighted by molar-refractivity contribution is 5.99. The quantitative estimate of drug-likeness (QED) is 0.592. The van der Waals surface area contributed by atoms with Gasteiger partial charge >= 0.3 is 0 Å². The number of carbonyl (C=O) groups excluding carboxylic acids is 1. The Kier molecular flexibility index (Phi) is 1.70. The molecule has 1 aliphatic rings. The fraction of sp³-hybridized carbons (Fsp3) is 0.222. The molecule has 12 heavy (non-hydrogen) atoms. The second-order valence-electron chi connectivity index (χ2n) is 2.80. The van der Waals surface area contributed by atoms with E-state index in [-0.39, 0.29) is 5.91 Å². The number of aromatic amines is 1. The molecule has 1 saturated heterocycles. The zero-order chi connectivity index (χ0) is 8.39. The van der Waals surface area contributed by atoms with Gasteiger partial charge in [0.05, 0.1) is 0 Å². The van der Waals surface area contributed by atoms with Gasteiger partial charge in [-0.25, -0.2) is 0 Å². The van der Waals surface area contributed by atoms with E-state index in [2.05, 4.69) is 10.3 Å². The molecule has 62 valence electrons. The highest BCUT2D eigenvalue weighted by Crippen LogP contribution is 2.11. The van der Waals surface area contributed by atoms with E-state index >= 15 is 0 Å². The minimum Gasteiger partial charge on any atom is -0.362 e. The van der Waals surface area contributed by atoms with E-state index in [4.69, 9.17) is 0 Å². The Hall–Kier alpha value is -1.51. The second-order valence-corrected chi connectivity index (χ2v) is 2.80. The summed E-state index contributed by atoms with van der Waals surface area (Å²) in [6.45, 7) is 0.769. The first kappa shape index (κ1) is 7.16. The summed E-state index contributed by atoms with van der Waals surface area (Å²) in [5.74, 6) is 0.0598. The fourth-order valence-corrected chi connectivity index (χ4v) is 1.30. The molecular formula is C9H10N2O. The van der Waals surface area contributed by atoms with Gasteiger partial charge in [0, 0.05) is 24.0 Å². The average molecular weight is 162 g/mol. The molecule has 0 radical (unpaired) electrons. The zero-order valence-electron chi connectivity index (χ0n) is 6.63. The first-order valence-corrected chi connectivity index (χ1v) is 3.98. The Labute approximate surface area is 70.5 Å². The normalized spacial score (nSPS) is 20.0. The summed E-state index contributed by atoms with van der Waals surface area (Å²) in [6, 6.07) is 3.86. The van der Waals surface area contributed by atoms with Crippen LogP contribution in [0.4, 0.5) is 0 Å². The molecule has 3 nitrogen and oxygen atoms in total. The second kappa shape index (κ2) is 2.85. The van der Waals surface area contributed by atoms with Crippen molar-refractivity contribution < 1.29 is 4.79 Å². The van der Waals surface area contributed by atoms with Crippen LogP contribution in [0.15, 0.2) is 23.9 Å². The Morgan fingerprint density at radius 1 is 1.50 bits per heavy atom. The molecule has 2 N–H and O–H groups in total. The summed E-state index contributed by atoms with van der Waals surface area (Å²) in [5, 5.41) is 2.76. The maximum absolute atomic E-state index is 11.1. The highest BCUT2D eigenvalue weighted by Gasteiger charge is 2.15. The van der Waals surface area contributed by atoms with Gasteiger partial charge in [0.15, 0.2) is 0 Å². The van der Waals surface area contributed by atoms with Crippen LogP contribution < -0.4 is 5.32 Å². The lowest BCUT2D eigenvalue weighted by Gasteiger charge is -1.90. The molecule has 0 saturated carbocycles. The summed E-state index contributed by atoms with van der Waals surface area (Å²) >= 11 is 0. The third kappa shape index (κ3) is 1.25. The zero-order valence-corrected chi connectivity index (χ0v) is 6.63. The van der Waals surface area contributed by atoms with Crippen molar-refractivity contribution in [3.63, 3.8) is 0 Å². The highest BCUT2D eigenvalue weighted by atomic mass is 16.1. The summed E-state index contributed by atoms with van der Waals surface area (Å²) in [4.78, 5) is 14.1. The lowest BCUT2D eigenvalue weighted by atomic mass is 10.2. The van der Waals surface area contributed by atoms with E-state index in [1.165, 1.54) is 0 Å². The molecule has 1 aliphatic heterocycles. The summed E-state index contributed by atoms with van der Waals surface area (Å²) in [7, 11) is 0. The number of hydrogen-bond donors (Lipinski definition) is 2. The van der Waals surface area contributed by atoms with Crippen molar-refractivity contribution in [1.29, 1.82) is 0 Å². The third-order valence-corrected chi connectivity index (χ3v) is 1.92. The van der Waals surface area contributed by atoms with Gasteiger partial charge in [0.25, 0.3) is 0 Å². The molecule has 0 bridgehead atoms. The SMILES string of the molecule is O=C1NCCC1=Cc1ccc[nH]1. The molecule has 1 fully saturated rings. The first-order chi connectivity index (χ1) is 5.86. The monoisotopic (exact) mass is 162 g/mol. The van der Waals surface area contributed by atoms with Gasteiger partial charge in [-0.05, 0) is 24.6 Å². The lowest BCUT2D eigenvalue weighted by Crippen LogP contribution is -2.13. The number of H-pyrrole nitrogens is 1. The average Bonchev–Trinajstić information content (AvgIpc) is 2.65. The van der Waals surface area contributed by atoms with Crippen LogP contribution in [0.3, 0.4) is 0 Å². The Morgan fingerprint density at radius 2 is 2.42 bits per heavy atom. The number of hydrogen-bond acceptors (Lipinski definition) is 1. The Morgan fingerprint density at radius 3 is 3.00 bits per heavy atom. The predicted molar refractivity (Wildman–Crippen MR) is 46.4 cm³/mol. The molecule has 1 amide bonds. The van der Waals surface area contributed by atoms with Crippen molar-refractivity contribution >= 4 is 12.0 Å². The van der Waals surface area contributed by atoms with Crippen molar-refractivity contribution in [1.82, 2.24) is 10.3 Å². The van der Waals surface area contributed by atoms with Crippen LogP contribution >= 0.6 is 0 Å². The maximum Gasteiger partial charge on any atom is 0.247 e. The third-order valence-electron chi connectivity index (χ3n) is 1.92. The molecule has 0 unspecified atom stereocenters. The number of aromatic nitrogens is 1. The molecule has 3 heteroatoms. The summed E-state index contributed by atoms with van der Waals surface area (Å²) in [5.41, 5.74) is 1.85. The van der Waals surface area contributed by atoms with Gasteiger partial charge < -0.3 is 10.3 Å². The van der Waals surface area contributed by atoms with E-state index in [0.717, 1.165) is 24.2 Å². The van der Waals surface area contributed by atoms with Gasteiger partial charge in [-0.3, -0.25) is 4.79 Å². The molecule has 2 heterocycles. The van der Waals surface area contributed by atoms with E-state index in [1.54, 1.807) is 0 Å². The fourth-order valence-electron chi connectivity index (χ4n) is 1.30. The van der Waals surface area contributed by atoms with Gasteiger partial charge in [0.2, 0.25) is 5.91 Å². The molecule has 0 aliphatic carbocycles. The first-order valence-electron chi connectivity index (χ1n) is 3.98. The van der Waals surface area contributed by atoms with Crippen LogP contribution in [0.1, 0.15) is 12.1 Å². The number of nitrogens with one attached hydrogen (secondary N) is 2. The van der Waals surface area contributed by atoms with Crippen LogP contribution in [-0.4, -0.2) is 17.4 Å². The van der Waals surface area contributed by atoms with Crippen molar-refractivity contribution in [2.75, 3.05) is 6.54 Å². The molecule has 1 aromatic heterocycles. The van der Waals surface area contributed by atoms with Crippen LogP contribution in [0, 0.1) is 0 Å². The summed E-state index contributed by atoms with van der Waals surface area (Å²) in [6.07, 6.45) is 4.57. The molecule has 0 aromatic carbocycles. The standard InChI is InChI=1S/C9H10N2O/c12-9-7(3-5-11-9)6-8-2-1-4-10-8/h1-2,4,6,10H,3,5H2,(H,11,12). The molecule has 0 atom stereocenters. The number of rotatable bonds is 1. The van der Waals surface area contributed by atoms with Crippen LogP contribution in [0.2, 0.25) is 0 Å². The number of carbonyl (C=O) groups is 1. The van der Waals surface area contributed by atoms with E-state index in [1.807, 2.05) is 24.4 Å². The predicted octanol–water partition coefficient (Wildman–Crippen LogP) is 0.918. The number of amides is 1. The maximum atomic E-state index is 11.1. The summed E-state index contributed by atoms with van der Waals surface area (Å²) < 4.78 is 0. The van der Waals surface area contributed by atoms with Crippen molar-refractivity contribution in [2.24, 2.45) is 0 Å². The van der Waals surface area contributed by atoms with Crippen LogP contribution in [0.5, 0.6) is 0 Å². The van der Waals surface area contributed by atoms with Gasteiger partial charge in [-0.2, -0.15) is 0 Å². The Balaban J connectivity index is 2.23. The van der Waals surface area contributed by atoms with E-state index in [9.17, 15) is 4.79 Å². The van der Waals surface area contributed by atoms with Crippen molar-refractivity contribution in [2.45, 2.75) is 6.42 Å². The minimum atomic E-state index is 0.0598. The van der Waals surface area contributed by atoms with E-state index in [0.29, 0.717) is 0 Å². The van der Waals surface area contributed by atoms with E-state index < -0.39 is 0 Å². The topological polar surface area (TPSA) is 44.9 Å². The van der Waals surface area contributed by atoms with Gasteiger partial charge in [-0.1, -0.05) is 0 Å².